The van der Waals surface area contributed by atoms with Crippen molar-refractivity contribution in [2.45, 2.75) is 6.42 Å². The maximum atomic E-state index is 10.7. The molecule has 3 aromatic rings. The fourth-order valence-corrected chi connectivity index (χ4v) is 2.27. The lowest BCUT2D eigenvalue weighted by atomic mass is 10.1. The van der Waals surface area contributed by atoms with Crippen molar-refractivity contribution in [3.63, 3.8) is 0 Å². The number of ether oxygens (including phenoxy) is 1. The first-order chi connectivity index (χ1) is 11.2. The van der Waals surface area contributed by atoms with E-state index in [0.29, 0.717) is 11.5 Å². The second-order valence-corrected chi connectivity index (χ2v) is 5.07. The molecule has 0 aliphatic rings. The van der Waals surface area contributed by atoms with Gasteiger partial charge in [-0.15, -0.1) is 0 Å². The Morgan fingerprint density at radius 3 is 2.35 bits per heavy atom. The predicted molar refractivity (Wildman–Crippen MR) is 85.3 cm³/mol. The van der Waals surface area contributed by atoms with Crippen molar-refractivity contribution in [3.05, 3.63) is 60.2 Å². The number of nitrogens with zero attached hydrogens (tertiary/aromatic N) is 1. The van der Waals surface area contributed by atoms with Crippen molar-refractivity contribution >= 4 is 5.97 Å². The van der Waals surface area contributed by atoms with Crippen LogP contribution < -0.4 is 4.74 Å². The first-order valence-corrected chi connectivity index (χ1v) is 7.08. The zero-order valence-corrected chi connectivity index (χ0v) is 12.5. The summed E-state index contributed by atoms with van der Waals surface area (Å²) in [5.41, 5.74) is 3.24. The molecule has 0 aliphatic carbocycles. The highest BCUT2D eigenvalue weighted by Gasteiger charge is 2.09. The molecule has 1 aromatic heterocycles. The molecule has 0 radical (unpaired) electrons. The molecule has 5 heteroatoms. The summed E-state index contributed by atoms with van der Waals surface area (Å²) in [4.78, 5) is 10.7. The third-order valence-electron chi connectivity index (χ3n) is 3.49. The number of carbonyl (C=O) groups is 1. The molecule has 0 fully saturated rings. The molecule has 0 spiro atoms. The lowest BCUT2D eigenvalue weighted by molar-refractivity contribution is -0.136. The summed E-state index contributed by atoms with van der Waals surface area (Å²) in [7, 11) is 1.62. The molecule has 3 rings (SSSR count). The van der Waals surface area contributed by atoms with E-state index in [1.807, 2.05) is 42.5 Å². The Labute approximate surface area is 133 Å². The number of benzene rings is 2. The van der Waals surface area contributed by atoms with Crippen molar-refractivity contribution in [1.82, 2.24) is 5.16 Å². The average molecular weight is 309 g/mol. The first-order valence-electron chi connectivity index (χ1n) is 7.08. The first kappa shape index (κ1) is 14.8. The standard InChI is InChI=1S/C18H15NO4/c1-22-15-8-6-14(7-9-15)17-11-16(19-23-17)13-4-2-12(3-5-13)10-18(20)21/h2-9,11H,10H2,1H3,(H,20,21). The third-order valence-corrected chi connectivity index (χ3v) is 3.49. The number of aliphatic carboxylic acids is 1. The van der Waals surface area contributed by atoms with E-state index < -0.39 is 5.97 Å². The minimum atomic E-state index is -0.846. The highest BCUT2D eigenvalue weighted by Crippen LogP contribution is 2.27. The van der Waals surface area contributed by atoms with Crippen molar-refractivity contribution in [2.24, 2.45) is 0 Å². The predicted octanol–water partition coefficient (Wildman–Crippen LogP) is 3.64. The lowest BCUT2D eigenvalue weighted by Crippen LogP contribution is -1.99. The molecule has 0 atom stereocenters. The fraction of sp³-hybridized carbons (Fsp3) is 0.111. The van der Waals surface area contributed by atoms with Crippen LogP contribution in [0.15, 0.2) is 59.1 Å². The maximum Gasteiger partial charge on any atom is 0.307 e. The lowest BCUT2D eigenvalue weighted by Gasteiger charge is -1.99. The Kier molecular flexibility index (Phi) is 4.10. The SMILES string of the molecule is COc1ccc(-c2cc(-c3ccc(CC(=O)O)cc3)no2)cc1. The van der Waals surface area contributed by atoms with Gasteiger partial charge >= 0.3 is 5.97 Å². The van der Waals surface area contributed by atoms with Gasteiger partial charge in [0.2, 0.25) is 0 Å². The monoisotopic (exact) mass is 309 g/mol. The molecule has 0 aliphatic heterocycles. The summed E-state index contributed by atoms with van der Waals surface area (Å²) in [6.45, 7) is 0. The minimum Gasteiger partial charge on any atom is -0.497 e. The van der Waals surface area contributed by atoms with Crippen LogP contribution >= 0.6 is 0 Å². The van der Waals surface area contributed by atoms with E-state index in [1.165, 1.54) is 0 Å². The van der Waals surface area contributed by atoms with Crippen molar-refractivity contribution in [1.29, 1.82) is 0 Å². The van der Waals surface area contributed by atoms with Gasteiger partial charge in [0.25, 0.3) is 0 Å². The van der Waals surface area contributed by atoms with Gasteiger partial charge in [-0.05, 0) is 29.8 Å². The van der Waals surface area contributed by atoms with Gasteiger partial charge in [-0.25, -0.2) is 0 Å². The van der Waals surface area contributed by atoms with Crippen LogP contribution in [-0.2, 0) is 11.2 Å². The largest absolute Gasteiger partial charge is 0.497 e. The van der Waals surface area contributed by atoms with Gasteiger partial charge < -0.3 is 14.4 Å². The highest BCUT2D eigenvalue weighted by molar-refractivity contribution is 5.71. The van der Waals surface area contributed by atoms with Crippen molar-refractivity contribution < 1.29 is 19.2 Å². The Morgan fingerprint density at radius 2 is 1.74 bits per heavy atom. The molecule has 1 heterocycles. The Bertz CT molecular complexity index is 804. The Balaban J connectivity index is 1.81. The van der Waals surface area contributed by atoms with Crippen LogP contribution in [0.4, 0.5) is 0 Å². The zero-order valence-electron chi connectivity index (χ0n) is 12.5. The molecular weight excluding hydrogens is 294 g/mol. The van der Waals surface area contributed by atoms with Gasteiger partial charge in [-0.2, -0.15) is 0 Å². The number of carboxylic acid groups (broad SMARTS) is 1. The number of hydrogen-bond donors (Lipinski definition) is 1. The minimum absolute atomic E-state index is 0.0101. The van der Waals surface area contributed by atoms with E-state index in [9.17, 15) is 4.79 Å². The van der Waals surface area contributed by atoms with Crippen LogP contribution in [0.2, 0.25) is 0 Å². The van der Waals surface area contributed by atoms with Gasteiger partial charge in [0, 0.05) is 17.2 Å². The van der Waals surface area contributed by atoms with Crippen molar-refractivity contribution in [3.8, 4) is 28.3 Å². The van der Waals surface area contributed by atoms with Crippen LogP contribution in [0.5, 0.6) is 5.75 Å². The van der Waals surface area contributed by atoms with Crippen LogP contribution in [0.25, 0.3) is 22.6 Å². The molecule has 0 bridgehead atoms. The number of methoxy groups -OCH3 is 1. The van der Waals surface area contributed by atoms with Gasteiger partial charge in [-0.3, -0.25) is 4.79 Å². The molecule has 1 N–H and O–H groups in total. The highest BCUT2D eigenvalue weighted by atomic mass is 16.5. The van der Waals surface area contributed by atoms with E-state index in [1.54, 1.807) is 19.2 Å². The smallest absolute Gasteiger partial charge is 0.307 e. The molecule has 0 saturated heterocycles. The van der Waals surface area contributed by atoms with Crippen LogP contribution in [0, 0.1) is 0 Å². The summed E-state index contributed by atoms with van der Waals surface area (Å²) in [5, 5.41) is 12.9. The van der Waals surface area contributed by atoms with E-state index in [2.05, 4.69) is 5.16 Å². The van der Waals surface area contributed by atoms with E-state index >= 15 is 0 Å². The Hall–Kier alpha value is -3.08. The normalized spacial score (nSPS) is 10.5. The topological polar surface area (TPSA) is 72.6 Å². The molecular formula is C18H15NO4. The summed E-state index contributed by atoms with van der Waals surface area (Å²) < 4.78 is 10.5. The second-order valence-electron chi connectivity index (χ2n) is 5.07. The van der Waals surface area contributed by atoms with Gasteiger partial charge in [0.1, 0.15) is 11.4 Å². The van der Waals surface area contributed by atoms with E-state index in [4.69, 9.17) is 14.4 Å². The van der Waals surface area contributed by atoms with Crippen LogP contribution in [-0.4, -0.2) is 23.3 Å². The summed E-state index contributed by atoms with van der Waals surface area (Å²) in [5.74, 6) is 0.598. The molecule has 116 valence electrons. The number of aromatic nitrogens is 1. The zero-order chi connectivity index (χ0) is 16.2. The summed E-state index contributed by atoms with van der Waals surface area (Å²) in [6, 6.07) is 16.6. The van der Waals surface area contributed by atoms with Crippen LogP contribution in [0.3, 0.4) is 0 Å². The van der Waals surface area contributed by atoms with E-state index in [-0.39, 0.29) is 6.42 Å². The van der Waals surface area contributed by atoms with Gasteiger partial charge in [-0.1, -0.05) is 29.4 Å². The molecule has 0 amide bonds. The number of rotatable bonds is 5. The number of carboxylic acids is 1. The average Bonchev–Trinajstić information content (AvgIpc) is 3.05. The molecule has 5 nitrogen and oxygen atoms in total. The van der Waals surface area contributed by atoms with Crippen molar-refractivity contribution in [2.75, 3.05) is 7.11 Å². The fourth-order valence-electron chi connectivity index (χ4n) is 2.27. The van der Waals surface area contributed by atoms with Gasteiger partial charge in [0.05, 0.1) is 13.5 Å². The molecule has 0 saturated carbocycles. The quantitative estimate of drug-likeness (QED) is 0.779. The maximum absolute atomic E-state index is 10.7. The molecule has 23 heavy (non-hydrogen) atoms. The molecule has 2 aromatic carbocycles. The van der Waals surface area contributed by atoms with Crippen LogP contribution in [0.1, 0.15) is 5.56 Å². The summed E-state index contributed by atoms with van der Waals surface area (Å²) >= 11 is 0. The number of hydrogen-bond acceptors (Lipinski definition) is 4. The van der Waals surface area contributed by atoms with E-state index in [0.717, 1.165) is 22.4 Å². The Morgan fingerprint density at radius 1 is 1.09 bits per heavy atom. The third kappa shape index (κ3) is 3.40. The molecule has 0 unspecified atom stereocenters. The van der Waals surface area contributed by atoms with Gasteiger partial charge in [0.15, 0.2) is 5.76 Å². The summed E-state index contributed by atoms with van der Waals surface area (Å²) in [6.07, 6.45) is 0.0101. The second kappa shape index (κ2) is 6.36.